The number of hydrogen-bond donors (Lipinski definition) is 1. The number of anilines is 1. The van der Waals surface area contributed by atoms with Crippen LogP contribution < -0.4 is 10.2 Å². The second-order valence-corrected chi connectivity index (χ2v) is 8.67. The molecule has 2 aliphatic rings. The molecule has 0 atom stereocenters. The number of piperazine rings is 1. The second kappa shape index (κ2) is 8.29. The van der Waals surface area contributed by atoms with E-state index in [2.05, 4.69) is 37.1 Å². The van der Waals surface area contributed by atoms with Gasteiger partial charge in [0.1, 0.15) is 12.1 Å². The van der Waals surface area contributed by atoms with Crippen molar-refractivity contribution in [2.75, 3.05) is 38.1 Å². The van der Waals surface area contributed by atoms with Gasteiger partial charge >= 0.3 is 0 Å². The van der Waals surface area contributed by atoms with Gasteiger partial charge in [-0.25, -0.2) is 14.4 Å². The third-order valence-electron chi connectivity index (χ3n) is 5.53. The van der Waals surface area contributed by atoms with E-state index >= 15 is 4.39 Å². The van der Waals surface area contributed by atoms with Crippen molar-refractivity contribution in [1.82, 2.24) is 25.2 Å². The largest absolute Gasteiger partial charge is 0.367 e. The SMILES string of the molecule is CN1CCN(c2ccc(-c3ncnc4cnc(C=C5SC(=O)NC5=O)cc34)cc2F)CC1. The van der Waals surface area contributed by atoms with Gasteiger partial charge < -0.3 is 9.80 Å². The van der Waals surface area contributed by atoms with E-state index < -0.39 is 11.1 Å². The van der Waals surface area contributed by atoms with E-state index in [9.17, 15) is 9.59 Å². The van der Waals surface area contributed by atoms with Gasteiger partial charge in [-0.15, -0.1) is 0 Å². The minimum atomic E-state index is -0.451. The Bertz CT molecular complexity index is 1270. The first-order valence-electron chi connectivity index (χ1n) is 10.1. The number of hydrogen-bond acceptors (Lipinski definition) is 8. The van der Waals surface area contributed by atoms with Gasteiger partial charge in [0, 0.05) is 37.1 Å². The minimum absolute atomic E-state index is 0.267. The Morgan fingerprint density at radius 1 is 1.09 bits per heavy atom. The maximum Gasteiger partial charge on any atom is 0.290 e. The zero-order valence-corrected chi connectivity index (χ0v) is 18.0. The van der Waals surface area contributed by atoms with Crippen LogP contribution in [0.15, 0.2) is 41.7 Å². The van der Waals surface area contributed by atoms with E-state index in [0.29, 0.717) is 33.5 Å². The van der Waals surface area contributed by atoms with Crippen molar-refractivity contribution in [3.05, 3.63) is 53.2 Å². The minimum Gasteiger partial charge on any atom is -0.367 e. The summed E-state index contributed by atoms with van der Waals surface area (Å²) in [5.41, 5.74) is 2.86. The average Bonchev–Trinajstić information content (AvgIpc) is 3.10. The van der Waals surface area contributed by atoms with Gasteiger partial charge in [0.15, 0.2) is 0 Å². The quantitative estimate of drug-likeness (QED) is 0.609. The standard InChI is InChI=1S/C22H19FN6O2S/c1-28-4-6-29(7-5-28)18-3-2-13(8-16(18)23)20-15-9-14(24-11-17(15)25-12-26-20)10-19-21(30)27-22(31)32-19/h2-3,8-12H,4-7H2,1H3,(H,27,30,31). The molecule has 32 heavy (non-hydrogen) atoms. The molecular weight excluding hydrogens is 431 g/mol. The average molecular weight is 450 g/mol. The summed E-state index contributed by atoms with van der Waals surface area (Å²) in [6.45, 7) is 3.35. The van der Waals surface area contributed by atoms with Gasteiger partial charge in [0.05, 0.1) is 33.7 Å². The fraction of sp³-hybridized carbons (Fsp3) is 0.227. The normalized spacial score (nSPS) is 18.6. The molecule has 0 bridgehead atoms. The maximum atomic E-state index is 15.0. The first kappa shape index (κ1) is 20.5. The monoisotopic (exact) mass is 450 g/mol. The number of imide groups is 1. The van der Waals surface area contributed by atoms with Crippen LogP contribution in [0.4, 0.5) is 14.9 Å². The van der Waals surface area contributed by atoms with Gasteiger partial charge in [-0.1, -0.05) is 6.07 Å². The molecule has 3 aromatic rings. The molecule has 0 saturated carbocycles. The molecule has 0 spiro atoms. The number of nitrogens with one attached hydrogen (secondary N) is 1. The number of thioether (sulfide) groups is 1. The van der Waals surface area contributed by atoms with Crippen LogP contribution in [0.2, 0.25) is 0 Å². The van der Waals surface area contributed by atoms with Gasteiger partial charge in [0.25, 0.3) is 11.1 Å². The third kappa shape index (κ3) is 3.94. The maximum absolute atomic E-state index is 15.0. The van der Waals surface area contributed by atoms with Gasteiger partial charge in [-0.3, -0.25) is 19.9 Å². The van der Waals surface area contributed by atoms with Crippen LogP contribution in [0.25, 0.3) is 28.2 Å². The van der Waals surface area contributed by atoms with Crippen molar-refractivity contribution in [2.24, 2.45) is 0 Å². The predicted octanol–water partition coefficient (Wildman–Crippen LogP) is 2.91. The number of amides is 2. The molecule has 0 radical (unpaired) electrons. The van der Waals surface area contributed by atoms with Crippen LogP contribution >= 0.6 is 11.8 Å². The first-order chi connectivity index (χ1) is 15.5. The van der Waals surface area contributed by atoms with Crippen LogP contribution in [0.3, 0.4) is 0 Å². The van der Waals surface area contributed by atoms with Crippen molar-refractivity contribution >= 4 is 45.6 Å². The summed E-state index contributed by atoms with van der Waals surface area (Å²) in [7, 11) is 2.06. The predicted molar refractivity (Wildman–Crippen MR) is 122 cm³/mol. The van der Waals surface area contributed by atoms with E-state index in [4.69, 9.17) is 0 Å². The molecule has 1 aromatic carbocycles. The molecule has 162 valence electrons. The summed E-state index contributed by atoms with van der Waals surface area (Å²) < 4.78 is 15.0. The van der Waals surface area contributed by atoms with E-state index in [1.165, 1.54) is 18.5 Å². The number of carbonyl (C=O) groups is 2. The van der Waals surface area contributed by atoms with Crippen molar-refractivity contribution in [2.45, 2.75) is 0 Å². The Labute approximate surface area is 187 Å². The van der Waals surface area contributed by atoms with Crippen LogP contribution in [-0.4, -0.2) is 64.2 Å². The van der Waals surface area contributed by atoms with Crippen LogP contribution in [-0.2, 0) is 4.79 Å². The smallest absolute Gasteiger partial charge is 0.290 e. The summed E-state index contributed by atoms with van der Waals surface area (Å²) in [4.78, 5) is 40.7. The molecular formula is C22H19FN6O2S. The van der Waals surface area contributed by atoms with Crippen molar-refractivity contribution in [1.29, 1.82) is 0 Å². The summed E-state index contributed by atoms with van der Waals surface area (Å²) in [5, 5.41) is 2.48. The highest BCUT2D eigenvalue weighted by molar-refractivity contribution is 8.18. The molecule has 2 aromatic heterocycles. The lowest BCUT2D eigenvalue weighted by Crippen LogP contribution is -2.44. The van der Waals surface area contributed by atoms with E-state index in [0.717, 1.165) is 37.9 Å². The molecule has 4 heterocycles. The van der Waals surface area contributed by atoms with Crippen molar-refractivity contribution < 1.29 is 14.0 Å². The summed E-state index contributed by atoms with van der Waals surface area (Å²) in [6, 6.07) is 6.88. The summed E-state index contributed by atoms with van der Waals surface area (Å²) in [6.07, 6.45) is 4.53. The molecule has 2 aliphatic heterocycles. The number of pyridine rings is 1. The zero-order chi connectivity index (χ0) is 22.2. The number of likely N-dealkylation sites (N-methyl/N-ethyl adjacent to an activating group) is 1. The topological polar surface area (TPSA) is 91.3 Å². The van der Waals surface area contributed by atoms with Crippen molar-refractivity contribution in [3.8, 4) is 11.3 Å². The molecule has 5 rings (SSSR count). The molecule has 2 amide bonds. The second-order valence-electron chi connectivity index (χ2n) is 7.66. The van der Waals surface area contributed by atoms with Crippen LogP contribution in [0.5, 0.6) is 0 Å². The number of carbonyl (C=O) groups excluding carboxylic acids is 2. The Hall–Kier alpha value is -3.37. The number of aromatic nitrogens is 3. The third-order valence-corrected chi connectivity index (χ3v) is 6.34. The number of fused-ring (bicyclic) bond motifs is 1. The zero-order valence-electron chi connectivity index (χ0n) is 17.2. The molecule has 0 aliphatic carbocycles. The molecule has 8 nitrogen and oxygen atoms in total. The summed E-state index contributed by atoms with van der Waals surface area (Å²) >= 11 is 0.825. The Morgan fingerprint density at radius 3 is 2.62 bits per heavy atom. The van der Waals surface area contributed by atoms with Crippen molar-refractivity contribution in [3.63, 3.8) is 0 Å². The Morgan fingerprint density at radius 2 is 1.91 bits per heavy atom. The van der Waals surface area contributed by atoms with Gasteiger partial charge in [-0.05, 0) is 43.1 Å². The van der Waals surface area contributed by atoms with E-state index in [1.54, 1.807) is 18.3 Å². The van der Waals surface area contributed by atoms with Gasteiger partial charge in [0.2, 0.25) is 0 Å². The fourth-order valence-electron chi connectivity index (χ4n) is 3.80. The first-order valence-corrected chi connectivity index (χ1v) is 10.9. The highest BCUT2D eigenvalue weighted by atomic mass is 32.2. The Kier molecular flexibility index (Phi) is 5.32. The van der Waals surface area contributed by atoms with Crippen LogP contribution in [0, 0.1) is 5.82 Å². The number of nitrogens with zero attached hydrogens (tertiary/aromatic N) is 5. The molecule has 2 fully saturated rings. The molecule has 0 unspecified atom stereocenters. The number of rotatable bonds is 3. The highest BCUT2D eigenvalue weighted by Gasteiger charge is 2.25. The Balaban J connectivity index is 1.51. The lowest BCUT2D eigenvalue weighted by molar-refractivity contribution is -0.115. The molecule has 2 saturated heterocycles. The lowest BCUT2D eigenvalue weighted by atomic mass is 10.1. The van der Waals surface area contributed by atoms with E-state index in [1.807, 2.05) is 6.07 Å². The molecule has 1 N–H and O–H groups in total. The van der Waals surface area contributed by atoms with Gasteiger partial charge in [-0.2, -0.15) is 0 Å². The number of halogens is 1. The fourth-order valence-corrected chi connectivity index (χ4v) is 4.46. The van der Waals surface area contributed by atoms with E-state index in [-0.39, 0.29) is 10.7 Å². The highest BCUT2D eigenvalue weighted by Crippen LogP contribution is 2.31. The van der Waals surface area contributed by atoms with Crippen LogP contribution in [0.1, 0.15) is 5.69 Å². The molecule has 10 heteroatoms. The lowest BCUT2D eigenvalue weighted by Gasteiger charge is -2.34. The number of benzene rings is 1. The summed E-state index contributed by atoms with van der Waals surface area (Å²) in [5.74, 6) is -0.749.